The molecule has 0 saturated heterocycles. The van der Waals surface area contributed by atoms with Gasteiger partial charge in [-0.2, -0.15) is 0 Å². The second-order valence-corrected chi connectivity index (χ2v) is 30.6. The average Bonchev–Trinajstić information content (AvgIpc) is 3.96. The van der Waals surface area contributed by atoms with E-state index in [4.69, 9.17) is 8.83 Å². The molecule has 2 atom stereocenters. The van der Waals surface area contributed by atoms with Crippen LogP contribution in [0.5, 0.6) is 0 Å². The van der Waals surface area contributed by atoms with Crippen molar-refractivity contribution in [3.63, 3.8) is 0 Å². The molecule has 0 spiro atoms. The van der Waals surface area contributed by atoms with Crippen LogP contribution >= 0.6 is 0 Å². The molecule has 280 valence electrons. The molecule has 55 heavy (non-hydrogen) atoms. The van der Waals surface area contributed by atoms with Crippen molar-refractivity contribution in [1.29, 1.82) is 0 Å². The first-order chi connectivity index (χ1) is 25.4. The Morgan fingerprint density at radius 3 is 1.20 bits per heavy atom. The maximum atomic E-state index is 6.58. The van der Waals surface area contributed by atoms with Crippen LogP contribution in [0.1, 0.15) is 66.4 Å². The summed E-state index contributed by atoms with van der Waals surface area (Å²) in [5, 5.41) is 2.99. The second-order valence-electron chi connectivity index (χ2n) is 16.7. The third kappa shape index (κ3) is 8.03. The quantitative estimate of drug-likeness (QED) is 0.149. The first kappa shape index (κ1) is 41.5. The van der Waals surface area contributed by atoms with E-state index in [1.54, 1.807) is 0 Å². The number of furan rings is 2. The molecular weight excluding hydrogens is 827 g/mol. The third-order valence-electron chi connectivity index (χ3n) is 11.2. The Balaban J connectivity index is 0.00000257. The number of rotatable bonds is 10. The fourth-order valence-electron chi connectivity index (χ4n) is 8.01. The number of aryl methyl sites for hydroxylation is 2. The van der Waals surface area contributed by atoms with E-state index in [2.05, 4.69) is 174 Å². The molecule has 2 aliphatic carbocycles. The Labute approximate surface area is 354 Å². The van der Waals surface area contributed by atoms with Crippen molar-refractivity contribution >= 4 is 49.8 Å². The number of halogens is 2. The van der Waals surface area contributed by atoms with Gasteiger partial charge in [0, 0.05) is 0 Å². The maximum Gasteiger partial charge on any atom is -1.00 e. The largest absolute Gasteiger partial charge is 1.00 e. The summed E-state index contributed by atoms with van der Waals surface area (Å²) < 4.78 is 13.8. The predicted molar refractivity (Wildman–Crippen MR) is 227 cm³/mol. The van der Waals surface area contributed by atoms with Gasteiger partial charge in [0.05, 0.1) is 0 Å². The zero-order valence-electron chi connectivity index (χ0n) is 33.2. The summed E-state index contributed by atoms with van der Waals surface area (Å²) in [5.74, 6) is 4.13. The van der Waals surface area contributed by atoms with E-state index in [0.29, 0.717) is 7.25 Å². The van der Waals surface area contributed by atoms with E-state index >= 15 is 0 Å². The summed E-state index contributed by atoms with van der Waals surface area (Å²) in [7, 11) is -2.79. The Kier molecular flexibility index (Phi) is 12.3. The van der Waals surface area contributed by atoms with E-state index < -0.39 is 39.4 Å². The van der Waals surface area contributed by atoms with Crippen LogP contribution < -0.4 is 35.2 Å². The van der Waals surface area contributed by atoms with Crippen LogP contribution in [-0.4, -0.2) is 16.1 Å². The first-order valence-electron chi connectivity index (χ1n) is 19.3. The summed E-state index contributed by atoms with van der Waals surface area (Å²) in [5.41, 5.74) is 13.5. The molecule has 2 heterocycles. The van der Waals surface area contributed by atoms with Crippen molar-refractivity contribution in [2.75, 3.05) is 0 Å². The molecule has 0 aliphatic heterocycles. The van der Waals surface area contributed by atoms with Gasteiger partial charge in [0.15, 0.2) is 0 Å². The second kappa shape index (κ2) is 16.4. The molecule has 6 aromatic rings. The van der Waals surface area contributed by atoms with Crippen molar-refractivity contribution in [2.45, 2.75) is 73.2 Å². The number of benzene rings is 4. The van der Waals surface area contributed by atoms with Gasteiger partial charge in [0.2, 0.25) is 0 Å². The first-order valence-corrected chi connectivity index (χ1v) is 29.1. The zero-order valence-corrected chi connectivity index (χ0v) is 39.2. The molecule has 0 saturated carbocycles. The molecule has 0 N–H and O–H groups in total. The molecule has 0 fully saturated rings. The Morgan fingerprint density at radius 2 is 0.873 bits per heavy atom. The van der Waals surface area contributed by atoms with Crippen molar-refractivity contribution in [3.8, 4) is 22.3 Å². The Morgan fingerprint density at radius 1 is 0.491 bits per heavy atom. The minimum atomic E-state index is -1.40. The molecule has 0 bridgehead atoms. The van der Waals surface area contributed by atoms with Crippen molar-refractivity contribution < 1.29 is 56.9 Å². The third-order valence-corrected chi connectivity index (χ3v) is 20.0. The normalized spacial score (nSPS) is 16.0. The molecule has 8 rings (SSSR count). The molecule has 7 heteroatoms. The number of fused-ring (bicyclic) bond motifs is 2. The number of allylic oxidation sites excluding steroid dienone is 2. The topological polar surface area (TPSA) is 26.3 Å². The number of hydrogen-bond donors (Lipinski definition) is 0. The van der Waals surface area contributed by atoms with Gasteiger partial charge in [-0.1, -0.05) is 0 Å². The zero-order chi connectivity index (χ0) is 37.1. The van der Waals surface area contributed by atoms with E-state index in [1.165, 1.54) is 66.0 Å². The predicted octanol–water partition coefficient (Wildman–Crippen LogP) is 6.40. The van der Waals surface area contributed by atoms with Crippen LogP contribution in [0, 0.1) is 0 Å². The van der Waals surface area contributed by atoms with Gasteiger partial charge < -0.3 is 24.8 Å². The number of hydrogen-bond acceptors (Lipinski definition) is 2. The standard InChI is InChI=1S/2C24H25OSi.2ClH.Zr/c2*1-5-20-11-14-24(25-20)19-15-18-7-6-8-22(23(18)16-19)17-9-12-21(13-10-17)26(2,3)4;;;/h2*6-16H,5H2,1-4H3;2*1H;/q;;;;+2/p-2. The van der Waals surface area contributed by atoms with Gasteiger partial charge in [-0.3, -0.25) is 0 Å². The molecule has 4 aromatic carbocycles. The molecule has 2 aliphatic rings. The summed E-state index contributed by atoms with van der Waals surface area (Å²) in [6, 6.07) is 41.6. The van der Waals surface area contributed by atoms with Crippen LogP contribution in [0.25, 0.3) is 45.6 Å². The van der Waals surface area contributed by atoms with Crippen LogP contribution in [0.15, 0.2) is 118 Å². The fourth-order valence-corrected chi connectivity index (χ4v) is 15.3. The van der Waals surface area contributed by atoms with E-state index in [1.807, 2.05) is 0 Å². The Hall–Kier alpha value is -3.18. The van der Waals surface area contributed by atoms with Gasteiger partial charge >= 0.3 is 332 Å². The summed E-state index contributed by atoms with van der Waals surface area (Å²) in [6.45, 7) is 18.9. The fraction of sp³-hybridized carbons (Fsp3) is 0.250. The van der Waals surface area contributed by atoms with E-state index in [0.717, 1.165) is 35.9 Å². The van der Waals surface area contributed by atoms with Gasteiger partial charge in [-0.15, -0.1) is 0 Å². The summed E-state index contributed by atoms with van der Waals surface area (Å²) >= 11 is -1.33. The molecule has 0 radical (unpaired) electrons. The summed E-state index contributed by atoms with van der Waals surface area (Å²) in [4.78, 5) is 0. The average molecular weight is 877 g/mol. The van der Waals surface area contributed by atoms with Crippen LogP contribution in [0.2, 0.25) is 39.3 Å². The van der Waals surface area contributed by atoms with Gasteiger partial charge in [-0.05, 0) is 0 Å². The van der Waals surface area contributed by atoms with Crippen molar-refractivity contribution in [3.05, 3.63) is 154 Å². The minimum absolute atomic E-state index is 0. The maximum absolute atomic E-state index is 6.58. The van der Waals surface area contributed by atoms with E-state index in [9.17, 15) is 0 Å². The molecule has 2 nitrogen and oxygen atoms in total. The van der Waals surface area contributed by atoms with Gasteiger partial charge in [0.1, 0.15) is 0 Å². The minimum Gasteiger partial charge on any atom is -1.00 e. The molecular formula is C48H50Cl2O2Si2Zr. The monoisotopic (exact) mass is 874 g/mol. The summed E-state index contributed by atoms with van der Waals surface area (Å²) in [6.07, 6.45) is 6.72. The molecule has 2 aromatic heterocycles. The van der Waals surface area contributed by atoms with Crippen LogP contribution in [-0.2, 0) is 36.1 Å². The van der Waals surface area contributed by atoms with Gasteiger partial charge in [-0.25, -0.2) is 0 Å². The smallest absolute Gasteiger partial charge is 1.00 e. The van der Waals surface area contributed by atoms with Crippen molar-refractivity contribution in [2.24, 2.45) is 0 Å². The van der Waals surface area contributed by atoms with Crippen LogP contribution in [0.3, 0.4) is 0 Å². The SMILES string of the molecule is CCc1ccc(C2=Cc3c(-c4ccc([Si](C)(C)C)cc4)cccc3[CH]2[Zr+2][CH]2C(c3ccc(CC)o3)=Cc3c(-c4ccc([Si](C)(C)C)cc4)cccc32)o1.[Cl-].[Cl-]. The molecule has 2 unspecified atom stereocenters. The van der Waals surface area contributed by atoms with Crippen LogP contribution in [0.4, 0.5) is 0 Å². The van der Waals surface area contributed by atoms with E-state index in [-0.39, 0.29) is 24.8 Å². The van der Waals surface area contributed by atoms with Crippen molar-refractivity contribution in [1.82, 2.24) is 0 Å². The van der Waals surface area contributed by atoms with Gasteiger partial charge in [0.25, 0.3) is 0 Å². The Bertz CT molecular complexity index is 2200. The molecule has 0 amide bonds.